The van der Waals surface area contributed by atoms with Crippen molar-refractivity contribution in [1.29, 1.82) is 0 Å². The molecular formula is C9H15NO. The average molecular weight is 153 g/mol. The van der Waals surface area contributed by atoms with E-state index in [0.29, 0.717) is 5.92 Å². The van der Waals surface area contributed by atoms with Gasteiger partial charge < -0.3 is 4.84 Å². The van der Waals surface area contributed by atoms with Crippen molar-refractivity contribution in [3.63, 3.8) is 0 Å². The van der Waals surface area contributed by atoms with Gasteiger partial charge in [-0.2, -0.15) is 0 Å². The van der Waals surface area contributed by atoms with Crippen LogP contribution in [0.5, 0.6) is 0 Å². The highest BCUT2D eigenvalue weighted by Gasteiger charge is 2.12. The summed E-state index contributed by atoms with van der Waals surface area (Å²) in [5, 5.41) is 3.93. The van der Waals surface area contributed by atoms with Crippen molar-refractivity contribution in [3.8, 4) is 0 Å². The van der Waals surface area contributed by atoms with Crippen LogP contribution in [-0.4, -0.2) is 12.8 Å². The Morgan fingerprint density at radius 1 is 1.55 bits per heavy atom. The minimum atomic E-state index is 0.611. The molecule has 0 aromatic carbocycles. The molecule has 2 nitrogen and oxygen atoms in total. The molecule has 1 rings (SSSR count). The highest BCUT2D eigenvalue weighted by Crippen LogP contribution is 2.19. The van der Waals surface area contributed by atoms with Crippen LogP contribution in [0, 0.1) is 5.92 Å². The lowest BCUT2D eigenvalue weighted by Gasteiger charge is -2.16. The average Bonchev–Trinajstić information content (AvgIpc) is 2.07. The summed E-state index contributed by atoms with van der Waals surface area (Å²) in [6.45, 7) is 2.04. The molecule has 0 spiro atoms. The van der Waals surface area contributed by atoms with Crippen molar-refractivity contribution in [3.05, 3.63) is 12.2 Å². The summed E-state index contributed by atoms with van der Waals surface area (Å²) in [6, 6.07) is 0. The Labute approximate surface area is 67.9 Å². The zero-order valence-electron chi connectivity index (χ0n) is 7.21. The van der Waals surface area contributed by atoms with Crippen molar-refractivity contribution in [2.75, 3.05) is 7.11 Å². The first-order valence-corrected chi connectivity index (χ1v) is 4.07. The van der Waals surface area contributed by atoms with Gasteiger partial charge in [-0.25, -0.2) is 0 Å². The molecule has 1 unspecified atom stereocenters. The van der Waals surface area contributed by atoms with Crippen molar-refractivity contribution in [2.45, 2.75) is 26.2 Å². The summed E-state index contributed by atoms with van der Waals surface area (Å²) in [4.78, 5) is 4.72. The second-order valence-corrected chi connectivity index (χ2v) is 2.90. The van der Waals surface area contributed by atoms with Gasteiger partial charge in [0.15, 0.2) is 0 Å². The molecule has 1 atom stereocenters. The summed E-state index contributed by atoms with van der Waals surface area (Å²) < 4.78 is 0. The number of hydrogen-bond acceptors (Lipinski definition) is 2. The third-order valence-electron chi connectivity index (χ3n) is 2.10. The maximum absolute atomic E-state index is 4.72. The van der Waals surface area contributed by atoms with Crippen LogP contribution in [0.4, 0.5) is 0 Å². The van der Waals surface area contributed by atoms with E-state index in [1.165, 1.54) is 12.8 Å². The molecule has 0 heterocycles. The summed E-state index contributed by atoms with van der Waals surface area (Å²) in [7, 11) is 1.60. The van der Waals surface area contributed by atoms with Crippen molar-refractivity contribution in [2.24, 2.45) is 11.1 Å². The number of allylic oxidation sites excluding steroid dienone is 2. The number of rotatable bonds is 2. The molecule has 1 aliphatic carbocycles. The quantitative estimate of drug-likeness (QED) is 0.339. The highest BCUT2D eigenvalue weighted by atomic mass is 16.6. The Kier molecular flexibility index (Phi) is 3.14. The molecule has 0 aliphatic heterocycles. The maximum atomic E-state index is 4.72. The monoisotopic (exact) mass is 153 g/mol. The molecule has 0 saturated carbocycles. The molecule has 0 saturated heterocycles. The molecule has 0 fully saturated rings. The minimum absolute atomic E-state index is 0.611. The fraction of sp³-hybridized carbons (Fsp3) is 0.667. The minimum Gasteiger partial charge on any atom is -0.399 e. The standard InChI is InChI=1S/C9H15NO/c1-8(10-11-2)9-6-4-3-5-7-9/h3-4,9H,5-7H2,1-2H3/b10-8+. The summed E-state index contributed by atoms with van der Waals surface area (Å²) in [6.07, 6.45) is 7.98. The fourth-order valence-corrected chi connectivity index (χ4v) is 1.39. The Bertz CT molecular complexity index is 172. The van der Waals surface area contributed by atoms with Crippen molar-refractivity contribution >= 4 is 5.71 Å². The summed E-state index contributed by atoms with van der Waals surface area (Å²) >= 11 is 0. The molecule has 11 heavy (non-hydrogen) atoms. The van der Waals surface area contributed by atoms with E-state index in [4.69, 9.17) is 4.84 Å². The fourth-order valence-electron chi connectivity index (χ4n) is 1.39. The van der Waals surface area contributed by atoms with Crippen LogP contribution in [0.3, 0.4) is 0 Å². The van der Waals surface area contributed by atoms with E-state index in [1.807, 2.05) is 6.92 Å². The van der Waals surface area contributed by atoms with E-state index in [-0.39, 0.29) is 0 Å². The van der Waals surface area contributed by atoms with E-state index in [1.54, 1.807) is 7.11 Å². The zero-order chi connectivity index (χ0) is 8.10. The third-order valence-corrected chi connectivity index (χ3v) is 2.10. The lowest BCUT2D eigenvalue weighted by atomic mass is 9.91. The van der Waals surface area contributed by atoms with Crippen molar-refractivity contribution in [1.82, 2.24) is 0 Å². The smallest absolute Gasteiger partial charge is 0.106 e. The van der Waals surface area contributed by atoms with Crippen LogP contribution in [0.1, 0.15) is 26.2 Å². The summed E-state index contributed by atoms with van der Waals surface area (Å²) in [5.74, 6) is 0.611. The van der Waals surface area contributed by atoms with Crippen LogP contribution >= 0.6 is 0 Å². The third kappa shape index (κ3) is 2.37. The Balaban J connectivity index is 2.46. The largest absolute Gasteiger partial charge is 0.399 e. The maximum Gasteiger partial charge on any atom is 0.106 e. The van der Waals surface area contributed by atoms with Crippen molar-refractivity contribution < 1.29 is 4.84 Å². The lowest BCUT2D eigenvalue weighted by Crippen LogP contribution is -2.12. The predicted molar refractivity (Wildman–Crippen MR) is 46.6 cm³/mol. The molecule has 1 aliphatic rings. The van der Waals surface area contributed by atoms with Crippen LogP contribution < -0.4 is 0 Å². The van der Waals surface area contributed by atoms with Gasteiger partial charge >= 0.3 is 0 Å². The zero-order valence-corrected chi connectivity index (χ0v) is 7.21. The lowest BCUT2D eigenvalue weighted by molar-refractivity contribution is 0.210. The molecule has 0 aromatic heterocycles. The Hall–Kier alpha value is -0.790. The molecule has 0 radical (unpaired) electrons. The van der Waals surface area contributed by atoms with E-state index < -0.39 is 0 Å². The first kappa shape index (κ1) is 8.31. The van der Waals surface area contributed by atoms with Gasteiger partial charge in [0.05, 0.1) is 5.71 Å². The number of oxime groups is 1. The summed E-state index contributed by atoms with van der Waals surface area (Å²) in [5.41, 5.74) is 1.12. The van der Waals surface area contributed by atoms with E-state index in [9.17, 15) is 0 Å². The Morgan fingerprint density at radius 3 is 2.91 bits per heavy atom. The molecular weight excluding hydrogens is 138 g/mol. The van der Waals surface area contributed by atoms with Gasteiger partial charge in [0.2, 0.25) is 0 Å². The second-order valence-electron chi connectivity index (χ2n) is 2.90. The van der Waals surface area contributed by atoms with Crippen LogP contribution in [0.15, 0.2) is 17.3 Å². The molecule has 0 amide bonds. The van der Waals surface area contributed by atoms with Gasteiger partial charge in [-0.1, -0.05) is 17.3 Å². The first-order valence-electron chi connectivity index (χ1n) is 4.07. The van der Waals surface area contributed by atoms with E-state index in [0.717, 1.165) is 12.1 Å². The van der Waals surface area contributed by atoms with Crippen LogP contribution in [-0.2, 0) is 4.84 Å². The van der Waals surface area contributed by atoms with E-state index >= 15 is 0 Å². The SMILES string of the molecule is CO/N=C(\C)C1CC=CCC1. The van der Waals surface area contributed by atoms with Gasteiger partial charge in [0.25, 0.3) is 0 Å². The first-order chi connectivity index (χ1) is 5.34. The van der Waals surface area contributed by atoms with Gasteiger partial charge in [0, 0.05) is 5.92 Å². The predicted octanol–water partition coefficient (Wildman–Crippen LogP) is 2.37. The molecule has 0 N–H and O–H groups in total. The molecule has 2 heteroatoms. The highest BCUT2D eigenvalue weighted by molar-refractivity contribution is 5.84. The van der Waals surface area contributed by atoms with Gasteiger partial charge in [-0.05, 0) is 26.2 Å². The van der Waals surface area contributed by atoms with E-state index in [2.05, 4.69) is 17.3 Å². The normalized spacial score (nSPS) is 25.3. The van der Waals surface area contributed by atoms with Gasteiger partial charge in [-0.15, -0.1) is 0 Å². The second kappa shape index (κ2) is 4.16. The van der Waals surface area contributed by atoms with Gasteiger partial charge in [0.1, 0.15) is 7.11 Å². The topological polar surface area (TPSA) is 21.6 Å². The molecule has 62 valence electrons. The number of hydrogen-bond donors (Lipinski definition) is 0. The molecule has 0 aromatic rings. The van der Waals surface area contributed by atoms with Crippen LogP contribution in [0.25, 0.3) is 0 Å². The van der Waals surface area contributed by atoms with Crippen LogP contribution in [0.2, 0.25) is 0 Å². The Morgan fingerprint density at radius 2 is 2.36 bits per heavy atom. The molecule has 0 bridgehead atoms. The van der Waals surface area contributed by atoms with Gasteiger partial charge in [-0.3, -0.25) is 0 Å². The number of nitrogens with zero attached hydrogens (tertiary/aromatic N) is 1.